The van der Waals surface area contributed by atoms with Crippen molar-refractivity contribution in [3.63, 3.8) is 0 Å². The van der Waals surface area contributed by atoms with Crippen LogP contribution in [-0.2, 0) is 22.6 Å². The van der Waals surface area contributed by atoms with Gasteiger partial charge in [-0.15, -0.1) is 0 Å². The lowest BCUT2D eigenvalue weighted by Gasteiger charge is -2.40. The first-order valence-corrected chi connectivity index (χ1v) is 8.84. The molecule has 6 nitrogen and oxygen atoms in total. The second kappa shape index (κ2) is 7.37. The van der Waals surface area contributed by atoms with E-state index in [1.807, 2.05) is 24.3 Å². The SMILES string of the molecule is O=C(NCc1ccccn1)[C@H]1C[C@@H]2OCC[C@@H]2N(Cc2ccoc2)C1. The summed E-state index contributed by atoms with van der Waals surface area (Å²) in [5.74, 6) is 0.0201. The lowest BCUT2D eigenvalue weighted by atomic mass is 9.89. The first kappa shape index (κ1) is 16.3. The molecule has 0 spiro atoms. The summed E-state index contributed by atoms with van der Waals surface area (Å²) in [6, 6.07) is 8.10. The zero-order valence-corrected chi connectivity index (χ0v) is 14.1. The van der Waals surface area contributed by atoms with Gasteiger partial charge in [-0.1, -0.05) is 6.07 Å². The minimum Gasteiger partial charge on any atom is -0.472 e. The Morgan fingerprint density at radius 2 is 2.32 bits per heavy atom. The van der Waals surface area contributed by atoms with E-state index in [9.17, 15) is 4.79 Å². The maximum atomic E-state index is 12.7. The molecule has 132 valence electrons. The Morgan fingerprint density at radius 1 is 1.36 bits per heavy atom. The molecule has 4 heterocycles. The van der Waals surface area contributed by atoms with Gasteiger partial charge in [-0.3, -0.25) is 14.7 Å². The van der Waals surface area contributed by atoms with Crippen LogP contribution < -0.4 is 5.32 Å². The number of ether oxygens (including phenoxy) is 1. The first-order valence-electron chi connectivity index (χ1n) is 8.84. The fourth-order valence-corrected chi connectivity index (χ4v) is 3.87. The molecule has 0 radical (unpaired) electrons. The van der Waals surface area contributed by atoms with Crippen molar-refractivity contribution in [2.75, 3.05) is 13.2 Å². The fraction of sp³-hybridized carbons (Fsp3) is 0.474. The molecule has 3 atom stereocenters. The zero-order valence-electron chi connectivity index (χ0n) is 14.1. The average Bonchev–Trinajstić information content (AvgIpc) is 3.32. The number of nitrogens with zero attached hydrogens (tertiary/aromatic N) is 2. The monoisotopic (exact) mass is 341 g/mol. The number of rotatable bonds is 5. The summed E-state index contributed by atoms with van der Waals surface area (Å²) in [4.78, 5) is 19.3. The average molecular weight is 341 g/mol. The summed E-state index contributed by atoms with van der Waals surface area (Å²) in [6.07, 6.45) is 7.18. The normalized spacial score (nSPS) is 26.3. The van der Waals surface area contributed by atoms with Gasteiger partial charge in [0.05, 0.1) is 36.8 Å². The molecule has 2 aliphatic rings. The van der Waals surface area contributed by atoms with Gasteiger partial charge in [0.2, 0.25) is 5.91 Å². The second-order valence-corrected chi connectivity index (χ2v) is 6.80. The van der Waals surface area contributed by atoms with Crippen molar-refractivity contribution in [1.29, 1.82) is 0 Å². The molecule has 1 N–H and O–H groups in total. The van der Waals surface area contributed by atoms with E-state index in [0.717, 1.165) is 43.8 Å². The molecule has 2 saturated heterocycles. The number of carbonyl (C=O) groups is 1. The molecule has 0 aliphatic carbocycles. The molecule has 4 rings (SSSR count). The van der Waals surface area contributed by atoms with E-state index in [1.54, 1.807) is 18.7 Å². The lowest BCUT2D eigenvalue weighted by molar-refractivity contribution is -0.130. The van der Waals surface area contributed by atoms with Crippen LogP contribution in [0.25, 0.3) is 0 Å². The van der Waals surface area contributed by atoms with E-state index in [4.69, 9.17) is 9.15 Å². The van der Waals surface area contributed by atoms with Gasteiger partial charge in [-0.25, -0.2) is 0 Å². The number of likely N-dealkylation sites (tertiary alicyclic amines) is 1. The number of amides is 1. The second-order valence-electron chi connectivity index (χ2n) is 6.80. The maximum absolute atomic E-state index is 12.7. The summed E-state index contributed by atoms with van der Waals surface area (Å²) in [6.45, 7) is 2.79. The van der Waals surface area contributed by atoms with E-state index < -0.39 is 0 Å². The van der Waals surface area contributed by atoms with Crippen LogP contribution in [0.4, 0.5) is 0 Å². The number of hydrogen-bond donors (Lipinski definition) is 1. The van der Waals surface area contributed by atoms with Crippen LogP contribution in [0, 0.1) is 5.92 Å². The Balaban J connectivity index is 1.40. The summed E-state index contributed by atoms with van der Waals surface area (Å²) in [7, 11) is 0. The van der Waals surface area contributed by atoms with Crippen LogP contribution in [0.15, 0.2) is 47.4 Å². The molecular formula is C19H23N3O3. The number of piperidine rings is 1. The summed E-state index contributed by atoms with van der Waals surface area (Å²) in [5, 5.41) is 3.03. The standard InChI is InChI=1S/C19H23N3O3/c23-19(21-10-16-3-1-2-6-20-16)15-9-18-17(5-8-25-18)22(12-15)11-14-4-7-24-13-14/h1-4,6-7,13,15,17-18H,5,8-12H2,(H,21,23)/t15-,17-,18-/m0/s1. The largest absolute Gasteiger partial charge is 0.472 e. The minimum absolute atomic E-state index is 0.0602. The van der Waals surface area contributed by atoms with Gasteiger partial charge in [0.1, 0.15) is 0 Å². The van der Waals surface area contributed by atoms with Crippen LogP contribution in [0.5, 0.6) is 0 Å². The van der Waals surface area contributed by atoms with Gasteiger partial charge >= 0.3 is 0 Å². The number of nitrogens with one attached hydrogen (secondary N) is 1. The van der Waals surface area contributed by atoms with Crippen LogP contribution in [0.3, 0.4) is 0 Å². The van der Waals surface area contributed by atoms with Gasteiger partial charge in [-0.2, -0.15) is 0 Å². The van der Waals surface area contributed by atoms with E-state index in [0.29, 0.717) is 12.6 Å². The Labute approximate surface area is 147 Å². The Kier molecular flexibility index (Phi) is 4.81. The van der Waals surface area contributed by atoms with Gasteiger partial charge in [-0.05, 0) is 31.0 Å². The third-order valence-corrected chi connectivity index (χ3v) is 5.12. The van der Waals surface area contributed by atoms with Gasteiger partial charge in [0, 0.05) is 37.5 Å². The predicted molar refractivity (Wildman–Crippen MR) is 91.5 cm³/mol. The highest BCUT2D eigenvalue weighted by Crippen LogP contribution is 2.32. The lowest BCUT2D eigenvalue weighted by Crippen LogP contribution is -2.52. The van der Waals surface area contributed by atoms with Gasteiger partial charge in [0.25, 0.3) is 0 Å². The molecule has 1 amide bonds. The Hall–Kier alpha value is -2.18. The van der Waals surface area contributed by atoms with Crippen molar-refractivity contribution in [2.24, 2.45) is 5.92 Å². The molecule has 25 heavy (non-hydrogen) atoms. The molecule has 6 heteroatoms. The molecule has 0 aromatic carbocycles. The number of hydrogen-bond acceptors (Lipinski definition) is 5. The highest BCUT2D eigenvalue weighted by Gasteiger charge is 2.42. The zero-order chi connectivity index (χ0) is 17.1. The number of carbonyl (C=O) groups excluding carboxylic acids is 1. The maximum Gasteiger partial charge on any atom is 0.224 e. The molecule has 2 aliphatic heterocycles. The smallest absolute Gasteiger partial charge is 0.224 e. The van der Waals surface area contributed by atoms with Crippen LogP contribution in [0.1, 0.15) is 24.1 Å². The third kappa shape index (κ3) is 3.75. The van der Waals surface area contributed by atoms with Crippen molar-refractivity contribution in [2.45, 2.75) is 38.1 Å². The highest BCUT2D eigenvalue weighted by atomic mass is 16.5. The van der Waals surface area contributed by atoms with E-state index >= 15 is 0 Å². The molecule has 2 fully saturated rings. The van der Waals surface area contributed by atoms with Crippen LogP contribution in [-0.4, -0.2) is 41.1 Å². The molecular weight excluding hydrogens is 318 g/mol. The molecule has 0 bridgehead atoms. The van der Waals surface area contributed by atoms with Crippen LogP contribution in [0.2, 0.25) is 0 Å². The van der Waals surface area contributed by atoms with Crippen molar-refractivity contribution < 1.29 is 13.9 Å². The minimum atomic E-state index is -0.0602. The number of pyridine rings is 1. The molecule has 0 saturated carbocycles. The predicted octanol–water partition coefficient (Wildman–Crippen LogP) is 1.97. The quantitative estimate of drug-likeness (QED) is 0.901. The third-order valence-electron chi connectivity index (χ3n) is 5.12. The van der Waals surface area contributed by atoms with Gasteiger partial charge in [0.15, 0.2) is 0 Å². The first-order chi connectivity index (χ1) is 12.3. The fourth-order valence-electron chi connectivity index (χ4n) is 3.87. The van der Waals surface area contributed by atoms with Gasteiger partial charge < -0.3 is 14.5 Å². The van der Waals surface area contributed by atoms with Crippen LogP contribution >= 0.6 is 0 Å². The van der Waals surface area contributed by atoms with Crippen molar-refractivity contribution in [3.05, 3.63) is 54.2 Å². The molecule has 2 aromatic heterocycles. The Bertz CT molecular complexity index is 689. The van der Waals surface area contributed by atoms with Crippen molar-refractivity contribution in [3.8, 4) is 0 Å². The van der Waals surface area contributed by atoms with E-state index in [2.05, 4.69) is 15.2 Å². The summed E-state index contributed by atoms with van der Waals surface area (Å²) < 4.78 is 11.1. The number of furan rings is 1. The van der Waals surface area contributed by atoms with Crippen molar-refractivity contribution >= 4 is 5.91 Å². The molecule has 2 aromatic rings. The van der Waals surface area contributed by atoms with Crippen molar-refractivity contribution in [1.82, 2.24) is 15.2 Å². The number of fused-ring (bicyclic) bond motifs is 1. The topological polar surface area (TPSA) is 67.6 Å². The van der Waals surface area contributed by atoms with E-state index in [1.165, 1.54) is 0 Å². The Morgan fingerprint density at radius 3 is 3.12 bits per heavy atom. The molecule has 0 unspecified atom stereocenters. The number of aromatic nitrogens is 1. The highest BCUT2D eigenvalue weighted by molar-refractivity contribution is 5.79. The van der Waals surface area contributed by atoms with E-state index in [-0.39, 0.29) is 17.9 Å². The summed E-state index contributed by atoms with van der Waals surface area (Å²) >= 11 is 0. The summed E-state index contributed by atoms with van der Waals surface area (Å²) in [5.41, 5.74) is 2.01.